The second-order valence-electron chi connectivity index (χ2n) is 4.69. The summed E-state index contributed by atoms with van der Waals surface area (Å²) in [6.07, 6.45) is 2.06. The van der Waals surface area contributed by atoms with Crippen LogP contribution in [0.25, 0.3) is 23.0 Å². The smallest absolute Gasteiger partial charge is 0.282 e. The summed E-state index contributed by atoms with van der Waals surface area (Å²) in [5, 5.41) is 12.0. The lowest BCUT2D eigenvalue weighted by atomic mass is 10.2. The quantitative estimate of drug-likeness (QED) is 0.772. The summed E-state index contributed by atoms with van der Waals surface area (Å²) in [4.78, 5) is 4.33. The van der Waals surface area contributed by atoms with Crippen LogP contribution in [0.5, 0.6) is 0 Å². The molecule has 0 aliphatic heterocycles. The van der Waals surface area contributed by atoms with Gasteiger partial charge in [0.1, 0.15) is 0 Å². The average Bonchev–Trinajstić information content (AvgIpc) is 3.13. The van der Waals surface area contributed by atoms with Gasteiger partial charge in [0.05, 0.1) is 0 Å². The van der Waals surface area contributed by atoms with Crippen LogP contribution >= 0.6 is 0 Å². The maximum absolute atomic E-state index is 6.03. The highest BCUT2D eigenvalue weighted by Crippen LogP contribution is 2.24. The van der Waals surface area contributed by atoms with E-state index < -0.39 is 0 Å². The second-order valence-corrected chi connectivity index (χ2v) is 4.69. The highest BCUT2D eigenvalue weighted by molar-refractivity contribution is 5.64. The lowest BCUT2D eigenvalue weighted by Gasteiger charge is -2.00. The molecule has 0 saturated heterocycles. The molecule has 2 N–H and O–H groups in total. The fourth-order valence-corrected chi connectivity index (χ4v) is 1.97. The first-order valence-corrected chi connectivity index (χ1v) is 6.88. The van der Waals surface area contributed by atoms with Crippen molar-refractivity contribution in [3.8, 4) is 23.0 Å². The minimum absolute atomic E-state index is 0.286. The van der Waals surface area contributed by atoms with Crippen LogP contribution in [0.4, 0.5) is 5.82 Å². The molecule has 0 unspecified atom stereocenters. The fourth-order valence-electron chi connectivity index (χ4n) is 1.97. The maximum Gasteiger partial charge on any atom is 0.282 e. The van der Waals surface area contributed by atoms with E-state index in [0.717, 1.165) is 24.9 Å². The third kappa shape index (κ3) is 2.62. The Hall–Kier alpha value is -2.70. The van der Waals surface area contributed by atoms with E-state index in [4.69, 9.17) is 10.3 Å². The number of aryl methyl sites for hydroxylation is 1. The van der Waals surface area contributed by atoms with Crippen molar-refractivity contribution in [2.75, 3.05) is 5.73 Å². The topological polar surface area (TPSA) is 95.6 Å². The van der Waals surface area contributed by atoms with Crippen LogP contribution in [0.3, 0.4) is 0 Å². The summed E-state index contributed by atoms with van der Waals surface area (Å²) in [6, 6.07) is 9.59. The largest absolute Gasteiger partial charge is 0.382 e. The van der Waals surface area contributed by atoms with E-state index in [1.54, 1.807) is 4.68 Å². The van der Waals surface area contributed by atoms with Crippen LogP contribution in [0.15, 0.2) is 34.9 Å². The first kappa shape index (κ1) is 13.3. The number of anilines is 1. The highest BCUT2D eigenvalue weighted by Gasteiger charge is 2.18. The first-order chi connectivity index (χ1) is 10.3. The Morgan fingerprint density at radius 2 is 2.05 bits per heavy atom. The molecule has 7 nitrogen and oxygen atoms in total. The lowest BCUT2D eigenvalue weighted by molar-refractivity contribution is 0.431. The predicted octanol–water partition coefficient (Wildman–Crippen LogP) is 2.38. The molecule has 0 saturated carbocycles. The Kier molecular flexibility index (Phi) is 3.63. The van der Waals surface area contributed by atoms with E-state index in [1.165, 1.54) is 0 Å². The Labute approximate surface area is 121 Å². The molecular weight excluding hydrogens is 268 g/mol. The third-order valence-electron chi connectivity index (χ3n) is 3.16. The monoisotopic (exact) mass is 284 g/mol. The summed E-state index contributed by atoms with van der Waals surface area (Å²) in [7, 11) is 0. The molecule has 1 aromatic carbocycles. The zero-order chi connectivity index (χ0) is 14.7. The minimum atomic E-state index is 0.286. The van der Waals surface area contributed by atoms with Gasteiger partial charge in [-0.3, -0.25) is 0 Å². The Morgan fingerprint density at radius 3 is 2.81 bits per heavy atom. The molecule has 0 spiro atoms. The number of aromatic nitrogens is 5. The van der Waals surface area contributed by atoms with E-state index in [0.29, 0.717) is 17.3 Å². The van der Waals surface area contributed by atoms with Crippen LogP contribution in [-0.2, 0) is 6.54 Å². The second kappa shape index (κ2) is 5.74. The van der Waals surface area contributed by atoms with Crippen molar-refractivity contribution in [2.24, 2.45) is 0 Å². The van der Waals surface area contributed by atoms with Crippen molar-refractivity contribution >= 4 is 5.82 Å². The molecule has 0 aliphatic carbocycles. The van der Waals surface area contributed by atoms with Gasteiger partial charge in [-0.25, -0.2) is 4.68 Å². The van der Waals surface area contributed by atoms with Crippen LogP contribution in [0, 0.1) is 0 Å². The number of benzene rings is 1. The lowest BCUT2D eigenvalue weighted by Crippen LogP contribution is -2.04. The van der Waals surface area contributed by atoms with Gasteiger partial charge >= 0.3 is 0 Å². The average molecular weight is 284 g/mol. The molecule has 2 aromatic heterocycles. The maximum atomic E-state index is 6.03. The molecule has 0 radical (unpaired) electrons. The van der Waals surface area contributed by atoms with Crippen LogP contribution in [0.1, 0.15) is 19.8 Å². The molecule has 0 fully saturated rings. The minimum Gasteiger partial charge on any atom is -0.382 e. The van der Waals surface area contributed by atoms with Gasteiger partial charge in [-0.05, 0) is 6.42 Å². The van der Waals surface area contributed by atoms with Crippen molar-refractivity contribution in [2.45, 2.75) is 26.3 Å². The molecule has 108 valence electrons. The summed E-state index contributed by atoms with van der Waals surface area (Å²) in [6.45, 7) is 2.84. The standard InChI is InChI=1S/C14H16N6O/c1-2-3-9-20-12(15)11(17-19-20)14-16-13(18-21-14)10-7-5-4-6-8-10/h4-8H,2-3,9,15H2,1H3. The van der Waals surface area contributed by atoms with Gasteiger partial charge in [0.2, 0.25) is 5.82 Å². The SMILES string of the molecule is CCCCn1nnc(-c2nc(-c3ccccc3)no2)c1N. The van der Waals surface area contributed by atoms with Crippen molar-refractivity contribution in [3.63, 3.8) is 0 Å². The van der Waals surface area contributed by atoms with Gasteiger partial charge in [0, 0.05) is 12.1 Å². The molecule has 0 amide bonds. The molecule has 7 heteroatoms. The number of hydrogen-bond acceptors (Lipinski definition) is 6. The molecule has 0 aliphatic rings. The molecule has 0 atom stereocenters. The predicted molar refractivity (Wildman–Crippen MR) is 78.1 cm³/mol. The number of rotatable bonds is 5. The number of hydrogen-bond donors (Lipinski definition) is 1. The molecule has 3 rings (SSSR count). The van der Waals surface area contributed by atoms with Gasteiger partial charge in [-0.1, -0.05) is 54.0 Å². The summed E-state index contributed by atoms with van der Waals surface area (Å²) < 4.78 is 6.90. The van der Waals surface area contributed by atoms with E-state index in [-0.39, 0.29) is 5.89 Å². The zero-order valence-electron chi connectivity index (χ0n) is 11.7. The summed E-state index contributed by atoms with van der Waals surface area (Å²) in [5.74, 6) is 1.24. The van der Waals surface area contributed by atoms with Gasteiger partial charge in [-0.15, -0.1) is 5.10 Å². The third-order valence-corrected chi connectivity index (χ3v) is 3.16. The summed E-state index contributed by atoms with van der Waals surface area (Å²) >= 11 is 0. The van der Waals surface area contributed by atoms with Gasteiger partial charge in [0.15, 0.2) is 11.5 Å². The van der Waals surface area contributed by atoms with E-state index >= 15 is 0 Å². The van der Waals surface area contributed by atoms with Crippen molar-refractivity contribution in [3.05, 3.63) is 30.3 Å². The van der Waals surface area contributed by atoms with Crippen LogP contribution in [-0.4, -0.2) is 25.1 Å². The van der Waals surface area contributed by atoms with Gasteiger partial charge in [0.25, 0.3) is 5.89 Å². The van der Waals surface area contributed by atoms with E-state index in [9.17, 15) is 0 Å². The van der Waals surface area contributed by atoms with Crippen LogP contribution < -0.4 is 5.73 Å². The van der Waals surface area contributed by atoms with Crippen LogP contribution in [0.2, 0.25) is 0 Å². The first-order valence-electron chi connectivity index (χ1n) is 6.88. The van der Waals surface area contributed by atoms with Gasteiger partial charge < -0.3 is 10.3 Å². The van der Waals surface area contributed by atoms with Crippen molar-refractivity contribution in [1.29, 1.82) is 0 Å². The number of nitrogen functional groups attached to an aromatic ring is 1. The molecule has 3 aromatic rings. The molecule has 21 heavy (non-hydrogen) atoms. The van der Waals surface area contributed by atoms with E-state index in [1.807, 2.05) is 30.3 Å². The Bertz CT molecular complexity index is 718. The highest BCUT2D eigenvalue weighted by atomic mass is 16.5. The molecular formula is C14H16N6O. The number of nitrogens with two attached hydrogens (primary N) is 1. The van der Waals surface area contributed by atoms with Crippen molar-refractivity contribution < 1.29 is 4.52 Å². The van der Waals surface area contributed by atoms with Crippen molar-refractivity contribution in [1.82, 2.24) is 25.1 Å². The van der Waals surface area contributed by atoms with E-state index in [2.05, 4.69) is 27.4 Å². The molecule has 0 bridgehead atoms. The normalized spacial score (nSPS) is 10.9. The summed E-state index contributed by atoms with van der Waals surface area (Å²) in [5.41, 5.74) is 7.34. The fraction of sp³-hybridized carbons (Fsp3) is 0.286. The zero-order valence-corrected chi connectivity index (χ0v) is 11.7. The number of unbranched alkanes of at least 4 members (excludes halogenated alkanes) is 1. The number of nitrogens with zero attached hydrogens (tertiary/aromatic N) is 5. The Morgan fingerprint density at radius 1 is 1.24 bits per heavy atom. The Balaban J connectivity index is 1.88. The molecule has 2 heterocycles. The van der Waals surface area contributed by atoms with Gasteiger partial charge in [-0.2, -0.15) is 4.98 Å².